The van der Waals surface area contributed by atoms with Crippen LogP contribution in [-0.2, 0) is 4.74 Å². The first-order valence-electron chi connectivity index (χ1n) is 12.5. The number of aromatic nitrogens is 3. The molecule has 5 rings (SSSR count). The topological polar surface area (TPSA) is 83.9 Å². The van der Waals surface area contributed by atoms with Crippen molar-refractivity contribution >= 4 is 34.4 Å². The SMILES string of the molecule is Cc1c(Cl)ncc2c(N3C[C@H]4CC[C@@H](C3)N4C(=O)OC(C)(C)C)nc(OC[C@@H]3CCCN3C)nc12. The Bertz CT molecular complexity index is 1110. The van der Waals surface area contributed by atoms with E-state index in [4.69, 9.17) is 31.0 Å². The van der Waals surface area contributed by atoms with E-state index >= 15 is 0 Å². The number of aryl methyl sites for hydroxylation is 1. The second-order valence-corrected chi connectivity index (χ2v) is 11.4. The molecule has 2 bridgehead atoms. The summed E-state index contributed by atoms with van der Waals surface area (Å²) in [4.78, 5) is 33.4. The number of amides is 1. The number of pyridine rings is 1. The highest BCUT2D eigenvalue weighted by Crippen LogP contribution is 2.37. The standard InChI is InChI=1S/C25H35ClN6O3/c1-15-20-19(11-27-21(15)26)22(29-23(28-20)34-14-18-7-6-10-30(18)5)31-12-16-8-9-17(13-31)32(16)24(33)35-25(2,3)4/h11,16-18H,6-10,12-14H2,1-5H3/t16-,17+,18-/m0/s1. The van der Waals surface area contributed by atoms with E-state index in [-0.39, 0.29) is 18.2 Å². The van der Waals surface area contributed by atoms with E-state index in [0.717, 1.165) is 48.1 Å². The lowest BCUT2D eigenvalue weighted by Crippen LogP contribution is -2.57. The van der Waals surface area contributed by atoms with Crippen molar-refractivity contribution in [2.24, 2.45) is 0 Å². The van der Waals surface area contributed by atoms with Crippen molar-refractivity contribution in [3.8, 4) is 6.01 Å². The second kappa shape index (κ2) is 9.24. The number of hydrogen-bond donors (Lipinski definition) is 0. The van der Waals surface area contributed by atoms with Gasteiger partial charge in [-0.05, 0) is 67.0 Å². The first kappa shape index (κ1) is 24.3. The van der Waals surface area contributed by atoms with Gasteiger partial charge in [-0.1, -0.05) is 11.6 Å². The molecule has 2 aromatic rings. The van der Waals surface area contributed by atoms with Gasteiger partial charge in [-0.15, -0.1) is 0 Å². The van der Waals surface area contributed by atoms with Crippen LogP contribution in [0.15, 0.2) is 6.20 Å². The Hall–Kier alpha value is -2.39. The van der Waals surface area contributed by atoms with Crippen molar-refractivity contribution in [1.29, 1.82) is 0 Å². The zero-order valence-corrected chi connectivity index (χ0v) is 22.0. The summed E-state index contributed by atoms with van der Waals surface area (Å²) in [5.41, 5.74) is 1.05. The molecule has 3 aliphatic heterocycles. The number of halogens is 1. The van der Waals surface area contributed by atoms with Crippen LogP contribution in [0.25, 0.3) is 10.9 Å². The maximum atomic E-state index is 12.9. The van der Waals surface area contributed by atoms with Crippen molar-refractivity contribution in [3.05, 3.63) is 16.9 Å². The summed E-state index contributed by atoms with van der Waals surface area (Å²) in [5.74, 6) is 0.790. The van der Waals surface area contributed by atoms with E-state index in [0.29, 0.717) is 36.9 Å². The molecule has 0 saturated carbocycles. The van der Waals surface area contributed by atoms with Crippen LogP contribution in [0.5, 0.6) is 6.01 Å². The van der Waals surface area contributed by atoms with Crippen LogP contribution in [0.3, 0.4) is 0 Å². The Morgan fingerprint density at radius 2 is 1.89 bits per heavy atom. The van der Waals surface area contributed by atoms with Crippen molar-refractivity contribution < 1.29 is 14.3 Å². The van der Waals surface area contributed by atoms with E-state index in [1.807, 2.05) is 32.6 Å². The quantitative estimate of drug-likeness (QED) is 0.579. The average Bonchev–Trinajstić information content (AvgIpc) is 3.32. The Morgan fingerprint density at radius 3 is 2.51 bits per heavy atom. The molecule has 3 saturated heterocycles. The summed E-state index contributed by atoms with van der Waals surface area (Å²) >= 11 is 6.35. The monoisotopic (exact) mass is 502 g/mol. The largest absolute Gasteiger partial charge is 0.462 e. The van der Waals surface area contributed by atoms with E-state index < -0.39 is 5.60 Å². The van der Waals surface area contributed by atoms with E-state index in [9.17, 15) is 4.79 Å². The fourth-order valence-electron chi connectivity index (χ4n) is 5.51. The normalized spacial score (nSPS) is 24.9. The van der Waals surface area contributed by atoms with Gasteiger partial charge < -0.3 is 19.3 Å². The van der Waals surface area contributed by atoms with Gasteiger partial charge in [0.2, 0.25) is 0 Å². The summed E-state index contributed by atoms with van der Waals surface area (Å²) in [6.07, 6.45) is 5.71. The molecule has 1 amide bonds. The average molecular weight is 503 g/mol. The highest BCUT2D eigenvalue weighted by Gasteiger charge is 2.45. The van der Waals surface area contributed by atoms with Gasteiger partial charge in [0.1, 0.15) is 23.2 Å². The summed E-state index contributed by atoms with van der Waals surface area (Å²) in [5, 5.41) is 1.28. The number of likely N-dealkylation sites (N-methyl/N-ethyl adjacent to an activating group) is 1. The van der Waals surface area contributed by atoms with Gasteiger partial charge in [0.05, 0.1) is 23.0 Å². The zero-order chi connectivity index (χ0) is 24.9. The Balaban J connectivity index is 1.43. The Labute approximate surface area is 211 Å². The highest BCUT2D eigenvalue weighted by atomic mass is 35.5. The number of piperazine rings is 1. The summed E-state index contributed by atoms with van der Waals surface area (Å²) < 4.78 is 11.8. The molecule has 0 N–H and O–H groups in total. The predicted molar refractivity (Wildman–Crippen MR) is 135 cm³/mol. The third kappa shape index (κ3) is 4.85. The van der Waals surface area contributed by atoms with E-state index in [1.165, 1.54) is 6.42 Å². The number of ether oxygens (including phenoxy) is 2. The molecule has 0 unspecified atom stereocenters. The van der Waals surface area contributed by atoms with Crippen molar-refractivity contribution in [2.75, 3.05) is 38.2 Å². The van der Waals surface area contributed by atoms with Gasteiger partial charge in [-0.3, -0.25) is 4.90 Å². The molecule has 0 spiro atoms. The lowest BCUT2D eigenvalue weighted by atomic mass is 10.1. The molecule has 0 radical (unpaired) electrons. The minimum Gasteiger partial charge on any atom is -0.462 e. The summed E-state index contributed by atoms with van der Waals surface area (Å²) in [7, 11) is 2.13. The minimum absolute atomic E-state index is 0.0754. The molecule has 3 aliphatic rings. The number of likely N-dealkylation sites (tertiary alicyclic amines) is 1. The van der Waals surface area contributed by atoms with Gasteiger partial charge in [-0.25, -0.2) is 9.78 Å². The molecule has 35 heavy (non-hydrogen) atoms. The molecule has 190 valence electrons. The molecular formula is C25H35ClN6O3. The molecule has 3 atom stereocenters. The minimum atomic E-state index is -0.515. The van der Waals surface area contributed by atoms with Crippen LogP contribution in [0.4, 0.5) is 10.6 Å². The molecule has 0 aromatic carbocycles. The molecule has 2 aromatic heterocycles. The summed E-state index contributed by atoms with van der Waals surface area (Å²) in [6.45, 7) is 10.6. The van der Waals surface area contributed by atoms with Crippen LogP contribution >= 0.6 is 11.6 Å². The van der Waals surface area contributed by atoms with Crippen molar-refractivity contribution in [2.45, 2.75) is 77.1 Å². The number of carbonyl (C=O) groups excluding carboxylic acids is 1. The van der Waals surface area contributed by atoms with Crippen LogP contribution in [0, 0.1) is 6.92 Å². The van der Waals surface area contributed by atoms with Crippen molar-refractivity contribution in [1.82, 2.24) is 24.8 Å². The van der Waals surface area contributed by atoms with Gasteiger partial charge in [0.25, 0.3) is 0 Å². The molecular weight excluding hydrogens is 468 g/mol. The van der Waals surface area contributed by atoms with Gasteiger partial charge in [0.15, 0.2) is 0 Å². The fourth-order valence-corrected chi connectivity index (χ4v) is 5.65. The number of hydrogen-bond acceptors (Lipinski definition) is 8. The lowest BCUT2D eigenvalue weighted by molar-refractivity contribution is 0.0123. The van der Waals surface area contributed by atoms with Crippen molar-refractivity contribution in [3.63, 3.8) is 0 Å². The smallest absolute Gasteiger partial charge is 0.410 e. The van der Waals surface area contributed by atoms with Crippen LogP contribution < -0.4 is 9.64 Å². The Morgan fingerprint density at radius 1 is 1.17 bits per heavy atom. The third-order valence-corrected chi connectivity index (χ3v) is 7.72. The van der Waals surface area contributed by atoms with E-state index in [2.05, 4.69) is 21.8 Å². The maximum absolute atomic E-state index is 12.9. The van der Waals surface area contributed by atoms with Crippen LogP contribution in [0.1, 0.15) is 52.0 Å². The van der Waals surface area contributed by atoms with Gasteiger partial charge in [-0.2, -0.15) is 9.97 Å². The third-order valence-electron chi connectivity index (χ3n) is 7.34. The number of carbonyl (C=O) groups is 1. The molecule has 0 aliphatic carbocycles. The summed E-state index contributed by atoms with van der Waals surface area (Å²) in [6, 6.07) is 0.881. The molecule has 9 nitrogen and oxygen atoms in total. The van der Waals surface area contributed by atoms with Crippen LogP contribution in [-0.4, -0.2) is 87.9 Å². The Kier molecular flexibility index (Phi) is 6.42. The molecule has 3 fully saturated rings. The highest BCUT2D eigenvalue weighted by molar-refractivity contribution is 6.31. The number of rotatable bonds is 4. The first-order valence-corrected chi connectivity index (χ1v) is 12.9. The maximum Gasteiger partial charge on any atom is 0.410 e. The lowest BCUT2D eigenvalue weighted by Gasteiger charge is -2.42. The fraction of sp³-hybridized carbons (Fsp3) is 0.680. The number of nitrogens with zero attached hydrogens (tertiary/aromatic N) is 6. The van der Waals surface area contributed by atoms with Crippen LogP contribution in [0.2, 0.25) is 5.15 Å². The second-order valence-electron chi connectivity index (χ2n) is 11.0. The first-order chi connectivity index (χ1) is 16.6. The zero-order valence-electron chi connectivity index (χ0n) is 21.3. The molecule has 10 heteroatoms. The number of anilines is 1. The van der Waals surface area contributed by atoms with E-state index in [1.54, 1.807) is 6.20 Å². The number of fused-ring (bicyclic) bond motifs is 3. The molecule has 5 heterocycles. The van der Waals surface area contributed by atoms with Gasteiger partial charge in [0, 0.05) is 30.9 Å². The van der Waals surface area contributed by atoms with Gasteiger partial charge >= 0.3 is 12.1 Å². The predicted octanol–water partition coefficient (Wildman–Crippen LogP) is 4.05.